The van der Waals surface area contributed by atoms with Crippen molar-refractivity contribution in [3.05, 3.63) is 40.6 Å². The molecule has 0 aliphatic carbocycles. The number of urea groups is 1. The van der Waals surface area contributed by atoms with Crippen LogP contribution in [0.1, 0.15) is 17.7 Å². The smallest absolute Gasteiger partial charge is 0.319 e. The second-order valence-corrected chi connectivity index (χ2v) is 7.83. The summed E-state index contributed by atoms with van der Waals surface area (Å²) in [5.74, 6) is 0.387. The third kappa shape index (κ3) is 4.58. The van der Waals surface area contributed by atoms with Crippen molar-refractivity contribution >= 4 is 34.6 Å². The number of carbonyl (C=O) groups is 2. The Balaban J connectivity index is 1.30. The Labute approximate surface area is 161 Å². The van der Waals surface area contributed by atoms with E-state index in [1.807, 2.05) is 0 Å². The van der Waals surface area contributed by atoms with Crippen molar-refractivity contribution in [1.29, 1.82) is 0 Å². The van der Waals surface area contributed by atoms with Gasteiger partial charge in [0.15, 0.2) is 6.61 Å². The SMILES string of the molecule is O=C1COc2cc(NC(=O)N[C@H]3CCCN(Cc4cccs4)C3)ccc2N1. The summed E-state index contributed by atoms with van der Waals surface area (Å²) >= 11 is 1.77. The molecule has 0 unspecified atom stereocenters. The van der Waals surface area contributed by atoms with Crippen molar-refractivity contribution in [2.45, 2.75) is 25.4 Å². The summed E-state index contributed by atoms with van der Waals surface area (Å²) in [5, 5.41) is 10.7. The van der Waals surface area contributed by atoms with E-state index < -0.39 is 0 Å². The number of piperidine rings is 1. The monoisotopic (exact) mass is 386 g/mol. The van der Waals surface area contributed by atoms with Gasteiger partial charge in [-0.15, -0.1) is 11.3 Å². The summed E-state index contributed by atoms with van der Waals surface area (Å²) in [5.41, 5.74) is 1.25. The first kappa shape index (κ1) is 17.8. The standard InChI is InChI=1S/C19H22N4O3S/c24-18-12-26-17-9-13(5-6-16(17)22-18)20-19(25)21-14-3-1-7-23(10-14)11-15-4-2-8-27-15/h2,4-6,8-9,14H,1,3,7,10-12H2,(H,22,24)(H2,20,21,25)/t14-/m0/s1. The Morgan fingerprint density at radius 2 is 2.30 bits per heavy atom. The highest BCUT2D eigenvalue weighted by Gasteiger charge is 2.22. The molecule has 7 nitrogen and oxygen atoms in total. The normalized spacial score (nSPS) is 19.6. The summed E-state index contributed by atoms with van der Waals surface area (Å²) in [6.07, 6.45) is 2.05. The van der Waals surface area contributed by atoms with Gasteiger partial charge in [0.2, 0.25) is 0 Å². The van der Waals surface area contributed by atoms with Crippen molar-refractivity contribution < 1.29 is 14.3 Å². The molecule has 1 fully saturated rings. The van der Waals surface area contributed by atoms with E-state index >= 15 is 0 Å². The Kier molecular flexibility index (Phi) is 5.26. The highest BCUT2D eigenvalue weighted by molar-refractivity contribution is 7.09. The number of benzene rings is 1. The van der Waals surface area contributed by atoms with Crippen molar-refractivity contribution in [3.8, 4) is 5.75 Å². The van der Waals surface area contributed by atoms with Gasteiger partial charge in [0, 0.05) is 35.8 Å². The molecular formula is C19H22N4O3S. The molecular weight excluding hydrogens is 364 g/mol. The second kappa shape index (κ2) is 7.98. The fourth-order valence-corrected chi connectivity index (χ4v) is 4.19. The van der Waals surface area contributed by atoms with Crippen LogP contribution in [0.5, 0.6) is 5.75 Å². The number of hydrogen-bond donors (Lipinski definition) is 3. The lowest BCUT2D eigenvalue weighted by atomic mass is 10.1. The fraction of sp³-hybridized carbons (Fsp3) is 0.368. The molecule has 3 amide bonds. The van der Waals surface area contributed by atoms with Gasteiger partial charge in [-0.1, -0.05) is 6.07 Å². The molecule has 0 spiro atoms. The largest absolute Gasteiger partial charge is 0.482 e. The van der Waals surface area contributed by atoms with E-state index in [2.05, 4.69) is 38.4 Å². The van der Waals surface area contributed by atoms with Crippen LogP contribution in [-0.4, -0.2) is 42.6 Å². The molecule has 4 rings (SSSR count). The van der Waals surface area contributed by atoms with E-state index in [9.17, 15) is 9.59 Å². The molecule has 0 bridgehead atoms. The molecule has 0 radical (unpaired) electrons. The minimum absolute atomic E-state index is 0.00913. The number of ether oxygens (including phenoxy) is 1. The van der Waals surface area contributed by atoms with Crippen LogP contribution in [-0.2, 0) is 11.3 Å². The molecule has 27 heavy (non-hydrogen) atoms. The van der Waals surface area contributed by atoms with Crippen molar-refractivity contribution in [1.82, 2.24) is 10.2 Å². The number of fused-ring (bicyclic) bond motifs is 1. The number of anilines is 2. The Morgan fingerprint density at radius 1 is 1.37 bits per heavy atom. The van der Waals surface area contributed by atoms with Gasteiger partial charge in [-0.05, 0) is 43.0 Å². The zero-order valence-corrected chi connectivity index (χ0v) is 15.7. The molecule has 8 heteroatoms. The lowest BCUT2D eigenvalue weighted by molar-refractivity contribution is -0.118. The summed E-state index contributed by atoms with van der Waals surface area (Å²) in [6.45, 7) is 2.84. The highest BCUT2D eigenvalue weighted by atomic mass is 32.1. The first-order chi connectivity index (χ1) is 13.2. The maximum absolute atomic E-state index is 12.4. The van der Waals surface area contributed by atoms with Crippen molar-refractivity contribution in [2.75, 3.05) is 30.3 Å². The van der Waals surface area contributed by atoms with Crippen LogP contribution in [0.3, 0.4) is 0 Å². The topological polar surface area (TPSA) is 82.7 Å². The average molecular weight is 386 g/mol. The molecule has 3 N–H and O–H groups in total. The molecule has 2 aromatic rings. The summed E-state index contributed by atoms with van der Waals surface area (Å²) in [4.78, 5) is 27.4. The van der Waals surface area contributed by atoms with Crippen LogP contribution < -0.4 is 20.7 Å². The molecule has 1 atom stereocenters. The zero-order valence-electron chi connectivity index (χ0n) is 14.9. The van der Waals surface area contributed by atoms with Gasteiger partial charge in [0.25, 0.3) is 5.91 Å². The predicted molar refractivity (Wildman–Crippen MR) is 105 cm³/mol. The number of rotatable bonds is 4. The van der Waals surface area contributed by atoms with Crippen LogP contribution in [0.2, 0.25) is 0 Å². The van der Waals surface area contributed by atoms with Crippen molar-refractivity contribution in [2.24, 2.45) is 0 Å². The van der Waals surface area contributed by atoms with Gasteiger partial charge in [-0.25, -0.2) is 4.79 Å². The molecule has 0 saturated carbocycles. The van der Waals surface area contributed by atoms with Crippen LogP contribution in [0.15, 0.2) is 35.7 Å². The first-order valence-electron chi connectivity index (χ1n) is 9.05. The van der Waals surface area contributed by atoms with E-state index in [4.69, 9.17) is 4.74 Å². The van der Waals surface area contributed by atoms with Crippen LogP contribution in [0.25, 0.3) is 0 Å². The van der Waals surface area contributed by atoms with Crippen LogP contribution >= 0.6 is 11.3 Å². The average Bonchev–Trinajstić information content (AvgIpc) is 3.15. The number of nitrogens with one attached hydrogen (secondary N) is 3. The van der Waals surface area contributed by atoms with Gasteiger partial charge in [-0.2, -0.15) is 0 Å². The van der Waals surface area contributed by atoms with E-state index in [1.165, 1.54) is 4.88 Å². The molecule has 3 heterocycles. The minimum Gasteiger partial charge on any atom is -0.482 e. The predicted octanol–water partition coefficient (Wildman–Crippen LogP) is 2.87. The molecule has 142 valence electrons. The number of likely N-dealkylation sites (tertiary alicyclic amines) is 1. The van der Waals surface area contributed by atoms with Crippen LogP contribution in [0.4, 0.5) is 16.2 Å². The number of carbonyl (C=O) groups excluding carboxylic acids is 2. The quantitative estimate of drug-likeness (QED) is 0.755. The van der Waals surface area contributed by atoms with Crippen molar-refractivity contribution in [3.63, 3.8) is 0 Å². The maximum Gasteiger partial charge on any atom is 0.319 e. The van der Waals surface area contributed by atoms with E-state index in [-0.39, 0.29) is 24.6 Å². The second-order valence-electron chi connectivity index (χ2n) is 6.80. The van der Waals surface area contributed by atoms with Crippen LogP contribution in [0, 0.1) is 0 Å². The van der Waals surface area contributed by atoms with Gasteiger partial charge < -0.3 is 20.7 Å². The lowest BCUT2D eigenvalue weighted by Gasteiger charge is -2.32. The summed E-state index contributed by atoms with van der Waals surface area (Å²) in [6, 6.07) is 9.32. The van der Waals surface area contributed by atoms with Gasteiger partial charge in [-0.3, -0.25) is 9.69 Å². The number of thiophene rings is 1. The fourth-order valence-electron chi connectivity index (χ4n) is 3.44. The van der Waals surface area contributed by atoms with E-state index in [0.717, 1.165) is 32.5 Å². The molecule has 2 aliphatic heterocycles. The Bertz CT molecular complexity index is 824. The Hall–Kier alpha value is -2.58. The third-order valence-electron chi connectivity index (χ3n) is 4.67. The molecule has 2 aliphatic rings. The number of nitrogens with zero attached hydrogens (tertiary/aromatic N) is 1. The Morgan fingerprint density at radius 3 is 3.15 bits per heavy atom. The zero-order chi connectivity index (χ0) is 18.6. The molecule has 1 saturated heterocycles. The summed E-state index contributed by atoms with van der Waals surface area (Å²) < 4.78 is 5.38. The van der Waals surface area contributed by atoms with E-state index in [1.54, 1.807) is 29.5 Å². The van der Waals surface area contributed by atoms with Gasteiger partial charge in [0.05, 0.1) is 5.69 Å². The maximum atomic E-state index is 12.4. The first-order valence-corrected chi connectivity index (χ1v) is 9.92. The van der Waals surface area contributed by atoms with E-state index in [0.29, 0.717) is 17.1 Å². The van der Waals surface area contributed by atoms with Gasteiger partial charge in [0.1, 0.15) is 5.75 Å². The van der Waals surface area contributed by atoms with Gasteiger partial charge >= 0.3 is 6.03 Å². The lowest BCUT2D eigenvalue weighted by Crippen LogP contribution is -2.48. The summed E-state index contributed by atoms with van der Waals surface area (Å²) in [7, 11) is 0. The molecule has 1 aromatic heterocycles. The minimum atomic E-state index is -0.224. The number of hydrogen-bond acceptors (Lipinski definition) is 5. The number of amides is 3. The molecule has 1 aromatic carbocycles. The third-order valence-corrected chi connectivity index (χ3v) is 5.53. The highest BCUT2D eigenvalue weighted by Crippen LogP contribution is 2.30.